The third-order valence-corrected chi connectivity index (χ3v) is 4.66. The fourth-order valence-electron chi connectivity index (χ4n) is 3.05. The first-order valence-corrected chi connectivity index (χ1v) is 9.32. The van der Waals surface area contributed by atoms with Crippen LogP contribution < -0.4 is 4.90 Å². The van der Waals surface area contributed by atoms with Gasteiger partial charge in [0.2, 0.25) is 5.91 Å². The van der Waals surface area contributed by atoms with E-state index in [1.807, 2.05) is 0 Å². The maximum atomic E-state index is 12.9. The van der Waals surface area contributed by atoms with Crippen LogP contribution >= 0.6 is 0 Å². The Balaban J connectivity index is 1.44. The summed E-state index contributed by atoms with van der Waals surface area (Å²) in [7, 11) is 0. The second-order valence-corrected chi connectivity index (χ2v) is 6.71. The van der Waals surface area contributed by atoms with Gasteiger partial charge in [-0.3, -0.25) is 19.2 Å². The largest absolute Gasteiger partial charge is 0.457 e. The van der Waals surface area contributed by atoms with Crippen molar-refractivity contribution in [3.05, 3.63) is 65.5 Å². The number of hydrogen-bond acceptors (Lipinski definition) is 5. The molecule has 0 aromatic heterocycles. The lowest BCUT2D eigenvalue weighted by molar-refractivity contribution is -0.142. The Bertz CT molecular complexity index is 921. The van der Waals surface area contributed by atoms with Gasteiger partial charge in [0.05, 0.1) is 6.42 Å². The molecule has 29 heavy (non-hydrogen) atoms. The van der Waals surface area contributed by atoms with Gasteiger partial charge in [-0.15, -0.1) is 0 Å². The number of benzene rings is 2. The SMILES string of the molecule is O=C(CCC(=O)c1ccc(F)cc1)OCC(=O)c1ccc(N2CCCC2=O)cc1. The quantitative estimate of drug-likeness (QED) is 0.504. The first-order chi connectivity index (χ1) is 13.9. The maximum Gasteiger partial charge on any atom is 0.306 e. The number of halogens is 1. The van der Waals surface area contributed by atoms with Crippen LogP contribution in [0.15, 0.2) is 48.5 Å². The topological polar surface area (TPSA) is 80.8 Å². The minimum absolute atomic E-state index is 0.0631. The first-order valence-electron chi connectivity index (χ1n) is 9.32. The lowest BCUT2D eigenvalue weighted by Crippen LogP contribution is -2.23. The fraction of sp³-hybridized carbons (Fsp3) is 0.273. The molecule has 2 aromatic carbocycles. The first kappa shape index (κ1) is 20.4. The van der Waals surface area contributed by atoms with E-state index in [4.69, 9.17) is 4.74 Å². The molecule has 1 fully saturated rings. The number of nitrogens with zero attached hydrogens (tertiary/aromatic N) is 1. The number of hydrogen-bond donors (Lipinski definition) is 0. The van der Waals surface area contributed by atoms with Gasteiger partial charge < -0.3 is 9.64 Å². The van der Waals surface area contributed by atoms with Crippen molar-refractivity contribution in [2.45, 2.75) is 25.7 Å². The summed E-state index contributed by atoms with van der Waals surface area (Å²) in [6.45, 7) is 0.242. The van der Waals surface area contributed by atoms with E-state index in [2.05, 4.69) is 0 Å². The average molecular weight is 397 g/mol. The molecule has 0 aliphatic carbocycles. The summed E-state index contributed by atoms with van der Waals surface area (Å²) in [5.74, 6) is -1.72. The molecule has 150 valence electrons. The highest BCUT2D eigenvalue weighted by Crippen LogP contribution is 2.21. The zero-order valence-electron chi connectivity index (χ0n) is 15.7. The molecule has 1 heterocycles. The van der Waals surface area contributed by atoms with Gasteiger partial charge in [-0.2, -0.15) is 0 Å². The number of ketones is 2. The Morgan fingerprint density at radius 2 is 1.52 bits per heavy atom. The van der Waals surface area contributed by atoms with E-state index >= 15 is 0 Å². The highest BCUT2D eigenvalue weighted by atomic mass is 19.1. The van der Waals surface area contributed by atoms with Crippen LogP contribution in [0.2, 0.25) is 0 Å². The Kier molecular flexibility index (Phi) is 6.49. The van der Waals surface area contributed by atoms with Gasteiger partial charge in [-0.1, -0.05) is 0 Å². The fourth-order valence-corrected chi connectivity index (χ4v) is 3.05. The molecule has 1 amide bonds. The van der Waals surface area contributed by atoms with E-state index in [-0.39, 0.29) is 30.3 Å². The van der Waals surface area contributed by atoms with E-state index in [0.29, 0.717) is 24.1 Å². The highest BCUT2D eigenvalue weighted by Gasteiger charge is 2.21. The molecular formula is C22H20FNO5. The smallest absolute Gasteiger partial charge is 0.306 e. The van der Waals surface area contributed by atoms with Gasteiger partial charge in [0.15, 0.2) is 18.2 Å². The number of rotatable bonds is 8. The van der Waals surface area contributed by atoms with Gasteiger partial charge in [-0.25, -0.2) is 4.39 Å². The number of Topliss-reactive ketones (excluding diaryl/α,β-unsaturated/α-hetero) is 2. The number of ether oxygens (including phenoxy) is 1. The van der Waals surface area contributed by atoms with Crippen molar-refractivity contribution in [2.24, 2.45) is 0 Å². The lowest BCUT2D eigenvalue weighted by atomic mass is 10.1. The predicted molar refractivity (Wildman–Crippen MR) is 103 cm³/mol. The van der Waals surface area contributed by atoms with Gasteiger partial charge in [0.25, 0.3) is 0 Å². The average Bonchev–Trinajstić information content (AvgIpc) is 3.16. The molecule has 3 rings (SSSR count). The van der Waals surface area contributed by atoms with Gasteiger partial charge in [0, 0.05) is 36.2 Å². The van der Waals surface area contributed by atoms with E-state index in [9.17, 15) is 23.6 Å². The number of esters is 1. The van der Waals surface area contributed by atoms with Gasteiger partial charge >= 0.3 is 5.97 Å². The lowest BCUT2D eigenvalue weighted by Gasteiger charge is -2.15. The van der Waals surface area contributed by atoms with Gasteiger partial charge in [-0.05, 0) is 55.0 Å². The Labute approximate surface area is 167 Å². The number of carbonyl (C=O) groups excluding carboxylic acids is 4. The Hall–Kier alpha value is -3.35. The second kappa shape index (κ2) is 9.23. The van der Waals surface area contributed by atoms with E-state index in [1.165, 1.54) is 24.3 Å². The van der Waals surface area contributed by atoms with Crippen molar-refractivity contribution in [2.75, 3.05) is 18.1 Å². The molecule has 0 unspecified atom stereocenters. The summed E-state index contributed by atoms with van der Waals surface area (Å²) in [6, 6.07) is 11.6. The molecule has 2 aromatic rings. The van der Waals surface area contributed by atoms with Crippen molar-refractivity contribution in [3.8, 4) is 0 Å². The molecule has 0 N–H and O–H groups in total. The third-order valence-electron chi connectivity index (χ3n) is 4.66. The van der Waals surface area contributed by atoms with Crippen LogP contribution in [0.1, 0.15) is 46.4 Å². The van der Waals surface area contributed by atoms with Crippen LogP contribution in [0.3, 0.4) is 0 Å². The van der Waals surface area contributed by atoms with E-state index in [1.54, 1.807) is 29.2 Å². The molecule has 7 heteroatoms. The Morgan fingerprint density at radius 1 is 0.897 bits per heavy atom. The molecule has 0 radical (unpaired) electrons. The second-order valence-electron chi connectivity index (χ2n) is 6.71. The molecule has 1 aliphatic heterocycles. The summed E-state index contributed by atoms with van der Waals surface area (Å²) in [6.07, 6.45) is 1.09. The van der Waals surface area contributed by atoms with E-state index < -0.39 is 18.4 Å². The summed E-state index contributed by atoms with van der Waals surface area (Å²) >= 11 is 0. The van der Waals surface area contributed by atoms with Crippen molar-refractivity contribution < 1.29 is 28.3 Å². The van der Waals surface area contributed by atoms with Crippen molar-refractivity contribution in [1.29, 1.82) is 0 Å². The predicted octanol–water partition coefficient (Wildman–Crippen LogP) is 3.34. The molecule has 6 nitrogen and oxygen atoms in total. The monoisotopic (exact) mass is 397 g/mol. The van der Waals surface area contributed by atoms with Crippen molar-refractivity contribution >= 4 is 29.1 Å². The normalized spacial score (nSPS) is 13.4. The number of anilines is 1. The van der Waals surface area contributed by atoms with Crippen molar-refractivity contribution in [3.63, 3.8) is 0 Å². The van der Waals surface area contributed by atoms with Crippen LogP contribution in [0.4, 0.5) is 10.1 Å². The van der Waals surface area contributed by atoms with Gasteiger partial charge in [0.1, 0.15) is 5.82 Å². The van der Waals surface area contributed by atoms with Crippen molar-refractivity contribution in [1.82, 2.24) is 0 Å². The minimum Gasteiger partial charge on any atom is -0.457 e. The third kappa shape index (κ3) is 5.34. The molecule has 0 spiro atoms. The zero-order valence-corrected chi connectivity index (χ0v) is 15.7. The Morgan fingerprint density at radius 3 is 2.14 bits per heavy atom. The maximum absolute atomic E-state index is 12.9. The zero-order chi connectivity index (χ0) is 20.8. The molecule has 0 bridgehead atoms. The van der Waals surface area contributed by atoms with Crippen LogP contribution in [-0.2, 0) is 14.3 Å². The van der Waals surface area contributed by atoms with Crippen LogP contribution in [0, 0.1) is 5.82 Å². The standard InChI is InChI=1S/C22H20FNO5/c23-17-7-3-15(4-8-17)19(25)11-12-22(28)29-14-20(26)16-5-9-18(10-6-16)24-13-1-2-21(24)27/h3-10H,1-2,11-14H2. The molecule has 0 atom stereocenters. The summed E-state index contributed by atoms with van der Waals surface area (Å²) in [5, 5.41) is 0. The molecule has 1 aliphatic rings. The minimum atomic E-state index is -0.659. The molecule has 0 saturated carbocycles. The van der Waals surface area contributed by atoms with Crippen LogP contribution in [0.5, 0.6) is 0 Å². The van der Waals surface area contributed by atoms with Crippen LogP contribution in [0.25, 0.3) is 0 Å². The summed E-state index contributed by atoms with van der Waals surface area (Å²) < 4.78 is 17.8. The van der Waals surface area contributed by atoms with E-state index in [0.717, 1.165) is 12.1 Å². The summed E-state index contributed by atoms with van der Waals surface area (Å²) in [5.41, 5.74) is 1.42. The number of carbonyl (C=O) groups is 4. The molecular weight excluding hydrogens is 377 g/mol. The summed E-state index contributed by atoms with van der Waals surface area (Å²) in [4.78, 5) is 49.4. The highest BCUT2D eigenvalue weighted by molar-refractivity contribution is 6.00. The molecule has 1 saturated heterocycles. The van der Waals surface area contributed by atoms with Crippen LogP contribution in [-0.4, -0.2) is 36.6 Å². The number of amides is 1.